The van der Waals surface area contributed by atoms with Gasteiger partial charge in [-0.25, -0.2) is 0 Å². The Balaban J connectivity index is 1.56. The standard InChI is InChI=1S/C17H14N2O4S/c1-21-13-9-7-12(8-10-13)16-18-19-17(23-16)24-11-15(20)22-14-5-3-2-4-6-14/h2-10H,11H2,1H3. The van der Waals surface area contributed by atoms with Crippen molar-refractivity contribution >= 4 is 17.7 Å². The van der Waals surface area contributed by atoms with Gasteiger partial charge >= 0.3 is 5.97 Å². The van der Waals surface area contributed by atoms with Gasteiger partial charge in [0, 0.05) is 5.56 Å². The Hall–Kier alpha value is -2.80. The van der Waals surface area contributed by atoms with Crippen LogP contribution in [0.25, 0.3) is 11.5 Å². The minimum absolute atomic E-state index is 0.0825. The first kappa shape index (κ1) is 16.1. The van der Waals surface area contributed by atoms with Crippen LogP contribution in [-0.4, -0.2) is 29.0 Å². The lowest BCUT2D eigenvalue weighted by molar-refractivity contribution is -0.131. The molecule has 0 saturated carbocycles. The summed E-state index contributed by atoms with van der Waals surface area (Å²) in [4.78, 5) is 11.8. The molecule has 0 unspecified atom stereocenters. The summed E-state index contributed by atoms with van der Waals surface area (Å²) in [6.07, 6.45) is 0. The highest BCUT2D eigenvalue weighted by Crippen LogP contribution is 2.25. The maximum absolute atomic E-state index is 11.8. The largest absolute Gasteiger partial charge is 0.497 e. The quantitative estimate of drug-likeness (QED) is 0.386. The highest BCUT2D eigenvalue weighted by Gasteiger charge is 2.12. The van der Waals surface area contributed by atoms with Crippen LogP contribution < -0.4 is 9.47 Å². The summed E-state index contributed by atoms with van der Waals surface area (Å²) in [5, 5.41) is 8.21. The van der Waals surface area contributed by atoms with Gasteiger partial charge in [-0.1, -0.05) is 30.0 Å². The van der Waals surface area contributed by atoms with E-state index in [1.807, 2.05) is 30.3 Å². The van der Waals surface area contributed by atoms with Crippen molar-refractivity contribution in [1.82, 2.24) is 10.2 Å². The third kappa shape index (κ3) is 4.14. The first-order valence-corrected chi connectivity index (χ1v) is 8.09. The molecule has 0 amide bonds. The third-order valence-electron chi connectivity index (χ3n) is 3.03. The first-order valence-electron chi connectivity index (χ1n) is 7.11. The Morgan fingerprint density at radius 3 is 2.50 bits per heavy atom. The van der Waals surface area contributed by atoms with Crippen LogP contribution in [0.5, 0.6) is 11.5 Å². The number of carbonyl (C=O) groups excluding carboxylic acids is 1. The van der Waals surface area contributed by atoms with Gasteiger partial charge in [0.15, 0.2) is 0 Å². The number of esters is 1. The van der Waals surface area contributed by atoms with Crippen molar-refractivity contribution in [3.05, 3.63) is 54.6 Å². The highest BCUT2D eigenvalue weighted by molar-refractivity contribution is 7.99. The number of thioether (sulfide) groups is 1. The number of carbonyl (C=O) groups is 1. The molecule has 0 bridgehead atoms. The molecule has 24 heavy (non-hydrogen) atoms. The summed E-state index contributed by atoms with van der Waals surface area (Å²) < 4.78 is 15.8. The van der Waals surface area contributed by atoms with Crippen molar-refractivity contribution in [2.24, 2.45) is 0 Å². The second-order valence-electron chi connectivity index (χ2n) is 4.68. The van der Waals surface area contributed by atoms with Crippen molar-refractivity contribution in [3.63, 3.8) is 0 Å². The molecule has 0 aliphatic carbocycles. The van der Waals surface area contributed by atoms with E-state index in [1.165, 1.54) is 0 Å². The SMILES string of the molecule is COc1ccc(-c2nnc(SCC(=O)Oc3ccccc3)o2)cc1. The van der Waals surface area contributed by atoms with Crippen molar-refractivity contribution in [1.29, 1.82) is 0 Å². The van der Waals surface area contributed by atoms with E-state index in [2.05, 4.69) is 10.2 Å². The summed E-state index contributed by atoms with van der Waals surface area (Å²) in [5.41, 5.74) is 0.780. The molecule has 6 nitrogen and oxygen atoms in total. The van der Waals surface area contributed by atoms with E-state index in [1.54, 1.807) is 31.4 Å². The lowest BCUT2D eigenvalue weighted by Gasteiger charge is -2.02. The molecule has 7 heteroatoms. The normalized spacial score (nSPS) is 10.4. The molecule has 0 spiro atoms. The average molecular weight is 342 g/mol. The number of nitrogens with zero attached hydrogens (tertiary/aromatic N) is 2. The number of hydrogen-bond acceptors (Lipinski definition) is 7. The maximum Gasteiger partial charge on any atom is 0.321 e. The minimum Gasteiger partial charge on any atom is -0.497 e. The molecule has 3 rings (SSSR count). The summed E-state index contributed by atoms with van der Waals surface area (Å²) in [5.74, 6) is 1.34. The Labute approximate surface area is 142 Å². The molecule has 0 saturated heterocycles. The zero-order chi connectivity index (χ0) is 16.8. The smallest absolute Gasteiger partial charge is 0.321 e. The predicted molar refractivity (Wildman–Crippen MR) is 89.1 cm³/mol. The van der Waals surface area contributed by atoms with Gasteiger partial charge in [-0.2, -0.15) is 0 Å². The number of ether oxygens (including phenoxy) is 2. The Morgan fingerprint density at radius 1 is 1.04 bits per heavy atom. The van der Waals surface area contributed by atoms with Crippen molar-refractivity contribution < 1.29 is 18.7 Å². The number of aromatic nitrogens is 2. The number of para-hydroxylation sites is 1. The van der Waals surface area contributed by atoms with Gasteiger partial charge in [-0.05, 0) is 36.4 Å². The van der Waals surface area contributed by atoms with Crippen LogP contribution in [0, 0.1) is 0 Å². The summed E-state index contributed by atoms with van der Waals surface area (Å²) in [6, 6.07) is 16.2. The lowest BCUT2D eigenvalue weighted by Crippen LogP contribution is -2.10. The molecule has 1 heterocycles. The molecule has 0 aliphatic rings. The van der Waals surface area contributed by atoms with E-state index in [0.29, 0.717) is 16.9 Å². The summed E-state index contributed by atoms with van der Waals surface area (Å²) in [6.45, 7) is 0. The average Bonchev–Trinajstić information content (AvgIpc) is 3.10. The van der Waals surface area contributed by atoms with Crippen LogP contribution in [-0.2, 0) is 4.79 Å². The maximum atomic E-state index is 11.8. The monoisotopic (exact) mass is 342 g/mol. The molecule has 122 valence electrons. The molecule has 0 fully saturated rings. The van der Waals surface area contributed by atoms with E-state index in [9.17, 15) is 4.79 Å². The van der Waals surface area contributed by atoms with Crippen LogP contribution in [0.15, 0.2) is 64.2 Å². The second kappa shape index (κ2) is 7.65. The summed E-state index contributed by atoms with van der Waals surface area (Å²) in [7, 11) is 1.60. The molecule has 0 atom stereocenters. The highest BCUT2D eigenvalue weighted by atomic mass is 32.2. The van der Waals surface area contributed by atoms with Gasteiger partial charge in [0.25, 0.3) is 5.22 Å². The molecule has 0 radical (unpaired) electrons. The summed E-state index contributed by atoms with van der Waals surface area (Å²) >= 11 is 1.13. The van der Waals surface area contributed by atoms with Crippen LogP contribution in [0.3, 0.4) is 0 Å². The van der Waals surface area contributed by atoms with Crippen LogP contribution >= 0.6 is 11.8 Å². The van der Waals surface area contributed by atoms with E-state index in [4.69, 9.17) is 13.9 Å². The van der Waals surface area contributed by atoms with Gasteiger partial charge in [-0.15, -0.1) is 10.2 Å². The molecule has 0 N–H and O–H groups in total. The van der Waals surface area contributed by atoms with E-state index in [0.717, 1.165) is 23.1 Å². The van der Waals surface area contributed by atoms with Gasteiger partial charge in [-0.3, -0.25) is 4.79 Å². The molecule has 0 aliphatic heterocycles. The van der Waals surface area contributed by atoms with Crippen molar-refractivity contribution in [3.8, 4) is 23.0 Å². The Bertz CT molecular complexity index is 803. The molecular formula is C17H14N2O4S. The van der Waals surface area contributed by atoms with Gasteiger partial charge in [0.1, 0.15) is 17.3 Å². The van der Waals surface area contributed by atoms with E-state index >= 15 is 0 Å². The molecule has 1 aromatic heterocycles. The number of hydrogen-bond donors (Lipinski definition) is 0. The van der Waals surface area contributed by atoms with E-state index in [-0.39, 0.29) is 11.7 Å². The number of rotatable bonds is 6. The van der Waals surface area contributed by atoms with Crippen LogP contribution in [0.2, 0.25) is 0 Å². The van der Waals surface area contributed by atoms with Gasteiger partial charge < -0.3 is 13.9 Å². The zero-order valence-electron chi connectivity index (χ0n) is 12.8. The lowest BCUT2D eigenvalue weighted by atomic mass is 10.2. The molecule has 2 aromatic carbocycles. The zero-order valence-corrected chi connectivity index (χ0v) is 13.7. The van der Waals surface area contributed by atoms with Crippen molar-refractivity contribution in [2.75, 3.05) is 12.9 Å². The number of benzene rings is 2. The second-order valence-corrected chi connectivity index (χ2v) is 5.60. The molecular weight excluding hydrogens is 328 g/mol. The van der Waals surface area contributed by atoms with Crippen LogP contribution in [0.1, 0.15) is 0 Å². The van der Waals surface area contributed by atoms with Gasteiger partial charge in [0.05, 0.1) is 7.11 Å². The topological polar surface area (TPSA) is 74.5 Å². The predicted octanol–water partition coefficient (Wildman–Crippen LogP) is 3.44. The number of methoxy groups -OCH3 is 1. The fourth-order valence-corrected chi connectivity index (χ4v) is 2.43. The van der Waals surface area contributed by atoms with Gasteiger partial charge in [0.2, 0.25) is 5.89 Å². The Kier molecular flexibility index (Phi) is 5.12. The third-order valence-corrected chi connectivity index (χ3v) is 3.82. The Morgan fingerprint density at radius 2 is 1.79 bits per heavy atom. The fourth-order valence-electron chi connectivity index (χ4n) is 1.89. The minimum atomic E-state index is -0.379. The molecule has 3 aromatic rings. The van der Waals surface area contributed by atoms with Crippen molar-refractivity contribution in [2.45, 2.75) is 5.22 Å². The first-order chi connectivity index (χ1) is 11.7. The van der Waals surface area contributed by atoms with E-state index < -0.39 is 0 Å². The van der Waals surface area contributed by atoms with Crippen LogP contribution in [0.4, 0.5) is 0 Å². The fraction of sp³-hybridized carbons (Fsp3) is 0.118.